The van der Waals surface area contributed by atoms with Crippen molar-refractivity contribution >= 4 is 0 Å². The summed E-state index contributed by atoms with van der Waals surface area (Å²) in [7, 11) is 0. The van der Waals surface area contributed by atoms with Crippen LogP contribution in [0.5, 0.6) is 0 Å². The van der Waals surface area contributed by atoms with Gasteiger partial charge in [0.2, 0.25) is 0 Å². The summed E-state index contributed by atoms with van der Waals surface area (Å²) in [5, 5.41) is 4.34. The predicted octanol–water partition coefficient (Wildman–Crippen LogP) is 3.07. The Bertz CT molecular complexity index is 508. The van der Waals surface area contributed by atoms with E-state index in [1.807, 2.05) is 17.1 Å². The molecule has 0 bridgehead atoms. The largest absolute Gasteiger partial charge is 0.443 e. The van der Waals surface area contributed by atoms with Crippen molar-refractivity contribution in [3.63, 3.8) is 0 Å². The average molecular weight is 231 g/mol. The van der Waals surface area contributed by atoms with Crippen LogP contribution in [-0.4, -0.2) is 14.8 Å². The molecule has 2 aromatic heterocycles. The lowest BCUT2D eigenvalue weighted by Crippen LogP contribution is -1.99. The van der Waals surface area contributed by atoms with Gasteiger partial charge in [-0.05, 0) is 39.0 Å². The fourth-order valence-corrected chi connectivity index (χ4v) is 1.98. The lowest BCUT2D eigenvalue weighted by atomic mass is 10.1. The van der Waals surface area contributed by atoms with Gasteiger partial charge in [-0.1, -0.05) is 0 Å². The van der Waals surface area contributed by atoms with E-state index in [4.69, 9.17) is 4.42 Å². The summed E-state index contributed by atoms with van der Waals surface area (Å²) in [5.74, 6) is 1.71. The van der Waals surface area contributed by atoms with E-state index in [0.29, 0.717) is 6.04 Å². The van der Waals surface area contributed by atoms with Crippen molar-refractivity contribution in [2.24, 2.45) is 5.92 Å². The van der Waals surface area contributed by atoms with E-state index in [9.17, 15) is 0 Å². The van der Waals surface area contributed by atoms with Gasteiger partial charge in [-0.25, -0.2) is 4.98 Å². The van der Waals surface area contributed by atoms with Crippen molar-refractivity contribution in [1.82, 2.24) is 14.8 Å². The Kier molecular flexibility index (Phi) is 2.50. The highest BCUT2D eigenvalue weighted by Gasteiger charge is 2.25. The Balaban J connectivity index is 1.88. The first-order valence-electron chi connectivity index (χ1n) is 6.21. The van der Waals surface area contributed by atoms with Crippen LogP contribution in [-0.2, 0) is 6.42 Å². The molecule has 4 heteroatoms. The van der Waals surface area contributed by atoms with Gasteiger partial charge in [0.25, 0.3) is 0 Å². The molecule has 1 aliphatic carbocycles. The molecule has 0 atom stereocenters. The van der Waals surface area contributed by atoms with Crippen molar-refractivity contribution < 1.29 is 4.42 Å². The van der Waals surface area contributed by atoms with Crippen molar-refractivity contribution in [2.45, 2.75) is 39.2 Å². The standard InChI is InChI=1S/C13H17N3O/c1-9(2)16-7-11(6-15-16)13-12(14-8-17-13)5-10-3-4-10/h6-10H,3-5H2,1-2H3. The fraction of sp³-hybridized carbons (Fsp3) is 0.538. The van der Waals surface area contributed by atoms with Crippen LogP contribution in [0, 0.1) is 5.92 Å². The maximum Gasteiger partial charge on any atom is 0.181 e. The van der Waals surface area contributed by atoms with Crippen LogP contribution in [0.4, 0.5) is 0 Å². The van der Waals surface area contributed by atoms with Crippen LogP contribution in [0.3, 0.4) is 0 Å². The highest BCUT2D eigenvalue weighted by Crippen LogP contribution is 2.35. The molecule has 0 aromatic carbocycles. The second-order valence-corrected chi connectivity index (χ2v) is 5.08. The molecule has 3 rings (SSSR count). The van der Waals surface area contributed by atoms with Gasteiger partial charge in [0.05, 0.1) is 17.5 Å². The normalized spacial score (nSPS) is 15.7. The van der Waals surface area contributed by atoms with Gasteiger partial charge >= 0.3 is 0 Å². The number of aromatic nitrogens is 3. The predicted molar refractivity (Wildman–Crippen MR) is 64.5 cm³/mol. The lowest BCUT2D eigenvalue weighted by Gasteiger charge is -2.02. The second kappa shape index (κ2) is 4.02. The smallest absolute Gasteiger partial charge is 0.181 e. The average Bonchev–Trinajstić information content (AvgIpc) is 2.80. The van der Waals surface area contributed by atoms with Gasteiger partial charge in [-0.2, -0.15) is 5.10 Å². The topological polar surface area (TPSA) is 43.9 Å². The molecule has 0 spiro atoms. The van der Waals surface area contributed by atoms with Crippen LogP contribution < -0.4 is 0 Å². The van der Waals surface area contributed by atoms with E-state index in [1.165, 1.54) is 12.8 Å². The number of oxazole rings is 1. The van der Waals surface area contributed by atoms with Gasteiger partial charge in [0.1, 0.15) is 0 Å². The second-order valence-electron chi connectivity index (χ2n) is 5.08. The molecule has 0 saturated heterocycles. The van der Waals surface area contributed by atoms with E-state index >= 15 is 0 Å². The third-order valence-electron chi connectivity index (χ3n) is 3.21. The van der Waals surface area contributed by atoms with E-state index in [1.54, 1.807) is 6.39 Å². The third-order valence-corrected chi connectivity index (χ3v) is 3.21. The summed E-state index contributed by atoms with van der Waals surface area (Å²) in [6, 6.07) is 0.374. The third kappa shape index (κ3) is 2.12. The van der Waals surface area contributed by atoms with Crippen LogP contribution in [0.15, 0.2) is 23.2 Å². The molecule has 1 aliphatic rings. The first-order chi connectivity index (χ1) is 8.24. The molecule has 0 radical (unpaired) electrons. The SMILES string of the molecule is CC(C)n1cc(-c2ocnc2CC2CC2)cn1. The molecular formula is C13H17N3O. The summed E-state index contributed by atoms with van der Waals surface area (Å²) in [5.41, 5.74) is 2.11. The Morgan fingerprint density at radius 3 is 2.94 bits per heavy atom. The summed E-state index contributed by atoms with van der Waals surface area (Å²) in [4.78, 5) is 4.32. The zero-order valence-corrected chi connectivity index (χ0v) is 10.3. The minimum Gasteiger partial charge on any atom is -0.443 e. The molecule has 17 heavy (non-hydrogen) atoms. The summed E-state index contributed by atoms with van der Waals surface area (Å²) >= 11 is 0. The van der Waals surface area contributed by atoms with E-state index in [2.05, 4.69) is 23.9 Å². The quantitative estimate of drug-likeness (QED) is 0.812. The van der Waals surface area contributed by atoms with E-state index < -0.39 is 0 Å². The Labute approximate surface area is 101 Å². The van der Waals surface area contributed by atoms with Crippen LogP contribution >= 0.6 is 0 Å². The number of hydrogen-bond donors (Lipinski definition) is 0. The Hall–Kier alpha value is -1.58. The van der Waals surface area contributed by atoms with E-state index in [-0.39, 0.29) is 0 Å². The summed E-state index contributed by atoms with van der Waals surface area (Å²) in [6.07, 6.45) is 9.13. The summed E-state index contributed by atoms with van der Waals surface area (Å²) in [6.45, 7) is 4.23. The van der Waals surface area contributed by atoms with Crippen molar-refractivity contribution in [3.8, 4) is 11.3 Å². The number of nitrogens with zero attached hydrogens (tertiary/aromatic N) is 3. The molecule has 4 nitrogen and oxygen atoms in total. The molecule has 2 heterocycles. The van der Waals surface area contributed by atoms with Gasteiger partial charge in [-0.15, -0.1) is 0 Å². The van der Waals surface area contributed by atoms with Gasteiger partial charge in [0.15, 0.2) is 12.2 Å². The number of hydrogen-bond acceptors (Lipinski definition) is 3. The van der Waals surface area contributed by atoms with Gasteiger partial charge in [0, 0.05) is 12.2 Å². The highest BCUT2D eigenvalue weighted by molar-refractivity contribution is 5.57. The summed E-state index contributed by atoms with van der Waals surface area (Å²) < 4.78 is 7.45. The monoisotopic (exact) mass is 231 g/mol. The maximum atomic E-state index is 5.51. The molecule has 2 aromatic rings. The van der Waals surface area contributed by atoms with E-state index in [0.717, 1.165) is 29.4 Å². The lowest BCUT2D eigenvalue weighted by molar-refractivity contribution is 0.532. The number of rotatable bonds is 4. The maximum absolute atomic E-state index is 5.51. The molecule has 1 fully saturated rings. The first kappa shape index (κ1) is 10.6. The zero-order chi connectivity index (χ0) is 11.8. The van der Waals surface area contributed by atoms with Gasteiger partial charge < -0.3 is 4.42 Å². The fourth-order valence-electron chi connectivity index (χ4n) is 1.98. The van der Waals surface area contributed by atoms with Crippen LogP contribution in [0.1, 0.15) is 38.4 Å². The molecule has 1 saturated carbocycles. The zero-order valence-electron chi connectivity index (χ0n) is 10.3. The van der Waals surface area contributed by atoms with Crippen molar-refractivity contribution in [3.05, 3.63) is 24.5 Å². The Morgan fingerprint density at radius 2 is 2.29 bits per heavy atom. The Morgan fingerprint density at radius 1 is 1.47 bits per heavy atom. The highest BCUT2D eigenvalue weighted by atomic mass is 16.3. The van der Waals surface area contributed by atoms with Crippen LogP contribution in [0.25, 0.3) is 11.3 Å². The molecule has 90 valence electrons. The molecule has 0 aliphatic heterocycles. The molecule has 0 amide bonds. The minimum absolute atomic E-state index is 0.374. The molecule has 0 N–H and O–H groups in total. The first-order valence-corrected chi connectivity index (χ1v) is 6.21. The molecular weight excluding hydrogens is 214 g/mol. The van der Waals surface area contributed by atoms with Crippen LogP contribution in [0.2, 0.25) is 0 Å². The van der Waals surface area contributed by atoms with Gasteiger partial charge in [-0.3, -0.25) is 4.68 Å². The van der Waals surface area contributed by atoms with Crippen molar-refractivity contribution in [2.75, 3.05) is 0 Å². The van der Waals surface area contributed by atoms with Crippen molar-refractivity contribution in [1.29, 1.82) is 0 Å². The molecule has 0 unspecified atom stereocenters. The minimum atomic E-state index is 0.374.